The van der Waals surface area contributed by atoms with Crippen LogP contribution in [0.4, 0.5) is 5.69 Å². The lowest BCUT2D eigenvalue weighted by Gasteiger charge is -2.33. The summed E-state index contributed by atoms with van der Waals surface area (Å²) in [5, 5.41) is 13.2. The van der Waals surface area contributed by atoms with Crippen LogP contribution < -0.4 is 10.1 Å². The van der Waals surface area contributed by atoms with Gasteiger partial charge in [0.25, 0.3) is 11.8 Å². The maximum atomic E-state index is 13.0. The van der Waals surface area contributed by atoms with Gasteiger partial charge in [0.1, 0.15) is 5.75 Å². The number of ether oxygens (including phenoxy) is 1. The number of para-hydroxylation sites is 1. The fourth-order valence-corrected chi connectivity index (χ4v) is 3.31. The van der Waals surface area contributed by atoms with Crippen molar-refractivity contribution in [2.24, 2.45) is 0 Å². The molecule has 0 radical (unpaired) electrons. The number of nitrogens with zero attached hydrogens (tertiary/aromatic N) is 1. The highest BCUT2D eigenvalue weighted by atomic mass is 16.5. The van der Waals surface area contributed by atoms with Crippen molar-refractivity contribution in [3.8, 4) is 5.75 Å². The van der Waals surface area contributed by atoms with Crippen molar-refractivity contribution in [3.05, 3.63) is 59.2 Å². The van der Waals surface area contributed by atoms with Gasteiger partial charge in [0.05, 0.1) is 35.1 Å². The second kappa shape index (κ2) is 7.64. The average Bonchev–Trinajstić information content (AvgIpc) is 2.98. The van der Waals surface area contributed by atoms with Gasteiger partial charge in [-0.3, -0.25) is 9.59 Å². The van der Waals surface area contributed by atoms with Gasteiger partial charge < -0.3 is 20.1 Å². The zero-order valence-electron chi connectivity index (χ0n) is 16.7. The second-order valence-corrected chi connectivity index (χ2v) is 7.49. The Morgan fingerprint density at radius 3 is 2.64 bits per heavy atom. The number of carbonyl (C=O) groups is 2. The Balaban J connectivity index is 1.89. The van der Waals surface area contributed by atoms with Gasteiger partial charge >= 0.3 is 0 Å². The molecular formula is C22H26N2O4. The van der Waals surface area contributed by atoms with E-state index in [0.717, 1.165) is 5.56 Å². The van der Waals surface area contributed by atoms with Crippen LogP contribution in [0.5, 0.6) is 5.75 Å². The average molecular weight is 382 g/mol. The lowest BCUT2D eigenvalue weighted by atomic mass is 9.99. The Kier molecular flexibility index (Phi) is 5.42. The number of anilines is 1. The zero-order valence-corrected chi connectivity index (χ0v) is 16.7. The normalized spacial score (nSPS) is 14.6. The monoisotopic (exact) mass is 382 g/mol. The highest BCUT2D eigenvalue weighted by Crippen LogP contribution is 2.33. The number of amides is 2. The number of rotatable bonds is 6. The van der Waals surface area contributed by atoms with Crippen LogP contribution in [-0.2, 0) is 6.54 Å². The summed E-state index contributed by atoms with van der Waals surface area (Å²) >= 11 is 0. The van der Waals surface area contributed by atoms with Gasteiger partial charge in [-0.15, -0.1) is 0 Å². The van der Waals surface area contributed by atoms with Crippen molar-refractivity contribution in [2.75, 3.05) is 11.9 Å². The summed E-state index contributed by atoms with van der Waals surface area (Å²) in [7, 11) is 0. The molecular weight excluding hydrogens is 356 g/mol. The van der Waals surface area contributed by atoms with E-state index in [1.54, 1.807) is 49.1 Å². The molecule has 0 aromatic heterocycles. The number of benzene rings is 2. The number of fused-ring (bicyclic) bond motifs is 1. The van der Waals surface area contributed by atoms with Crippen LogP contribution in [0.2, 0.25) is 0 Å². The van der Waals surface area contributed by atoms with Crippen LogP contribution in [0, 0.1) is 0 Å². The predicted octanol–water partition coefficient (Wildman–Crippen LogP) is 3.45. The van der Waals surface area contributed by atoms with Crippen LogP contribution in [0.3, 0.4) is 0 Å². The quantitative estimate of drug-likeness (QED) is 0.802. The number of carbonyl (C=O) groups excluding carboxylic acids is 2. The first-order chi connectivity index (χ1) is 13.2. The first kappa shape index (κ1) is 19.9. The summed E-state index contributed by atoms with van der Waals surface area (Å²) in [4.78, 5) is 27.5. The summed E-state index contributed by atoms with van der Waals surface area (Å²) < 4.78 is 5.53. The minimum Gasteiger partial charge on any atom is -0.493 e. The van der Waals surface area contributed by atoms with Crippen molar-refractivity contribution in [1.29, 1.82) is 0 Å². The van der Waals surface area contributed by atoms with E-state index in [4.69, 9.17) is 4.74 Å². The van der Waals surface area contributed by atoms with E-state index in [-0.39, 0.29) is 17.9 Å². The maximum Gasteiger partial charge on any atom is 0.259 e. The molecule has 3 rings (SSSR count). The topological polar surface area (TPSA) is 78.9 Å². The van der Waals surface area contributed by atoms with Gasteiger partial charge in [-0.2, -0.15) is 0 Å². The lowest BCUT2D eigenvalue weighted by molar-refractivity contribution is -0.00644. The van der Waals surface area contributed by atoms with Gasteiger partial charge in [-0.25, -0.2) is 0 Å². The van der Waals surface area contributed by atoms with Crippen LogP contribution >= 0.6 is 0 Å². The third-order valence-electron chi connectivity index (χ3n) is 5.14. The van der Waals surface area contributed by atoms with Crippen molar-refractivity contribution in [3.63, 3.8) is 0 Å². The highest BCUT2D eigenvalue weighted by molar-refractivity contribution is 6.11. The first-order valence-corrected chi connectivity index (χ1v) is 9.42. The van der Waals surface area contributed by atoms with E-state index in [1.807, 2.05) is 26.0 Å². The van der Waals surface area contributed by atoms with E-state index in [2.05, 4.69) is 5.32 Å². The Bertz CT molecular complexity index is 902. The zero-order chi connectivity index (χ0) is 20.5. The molecule has 1 atom stereocenters. The predicted molar refractivity (Wildman–Crippen MR) is 108 cm³/mol. The van der Waals surface area contributed by atoms with E-state index in [1.165, 1.54) is 0 Å². The molecule has 1 aliphatic heterocycles. The molecule has 0 aliphatic carbocycles. The Hall–Kier alpha value is -2.86. The van der Waals surface area contributed by atoms with Gasteiger partial charge in [0.15, 0.2) is 0 Å². The summed E-state index contributed by atoms with van der Waals surface area (Å²) in [6.07, 6.45) is 0. The van der Waals surface area contributed by atoms with Crippen LogP contribution in [0.1, 0.15) is 54.0 Å². The van der Waals surface area contributed by atoms with Crippen LogP contribution in [0.15, 0.2) is 42.5 Å². The molecule has 6 heteroatoms. The standard InChI is InChI=1S/C22H26N2O4/c1-5-28-18-12-7-6-10-16(18)20(25)23-17-11-8-9-15-13-24(21(26)19(15)17)14(2)22(3,4)27/h6-12,14,27H,5,13H2,1-4H3,(H,23,25). The minimum absolute atomic E-state index is 0.196. The number of hydrogen-bond donors (Lipinski definition) is 2. The van der Waals surface area contributed by atoms with Crippen LogP contribution in [-0.4, -0.2) is 40.1 Å². The van der Waals surface area contributed by atoms with Crippen molar-refractivity contribution < 1.29 is 19.4 Å². The van der Waals surface area contributed by atoms with Crippen molar-refractivity contribution in [1.82, 2.24) is 4.90 Å². The van der Waals surface area contributed by atoms with E-state index < -0.39 is 5.60 Å². The molecule has 2 amide bonds. The number of nitrogens with one attached hydrogen (secondary N) is 1. The molecule has 2 N–H and O–H groups in total. The maximum absolute atomic E-state index is 13.0. The Morgan fingerprint density at radius 2 is 1.96 bits per heavy atom. The highest BCUT2D eigenvalue weighted by Gasteiger charge is 2.38. The summed E-state index contributed by atoms with van der Waals surface area (Å²) in [5.41, 5.74) is 1.15. The second-order valence-electron chi connectivity index (χ2n) is 7.49. The minimum atomic E-state index is -1.03. The first-order valence-electron chi connectivity index (χ1n) is 9.42. The van der Waals surface area contributed by atoms with Crippen LogP contribution in [0.25, 0.3) is 0 Å². The van der Waals surface area contributed by atoms with E-state index >= 15 is 0 Å². The molecule has 1 unspecified atom stereocenters. The smallest absolute Gasteiger partial charge is 0.259 e. The van der Waals surface area contributed by atoms with Crippen molar-refractivity contribution >= 4 is 17.5 Å². The van der Waals surface area contributed by atoms with Crippen molar-refractivity contribution in [2.45, 2.75) is 45.9 Å². The molecule has 0 bridgehead atoms. The molecule has 1 heterocycles. The third-order valence-corrected chi connectivity index (χ3v) is 5.14. The van der Waals surface area contributed by atoms with Gasteiger partial charge in [0, 0.05) is 6.54 Å². The molecule has 148 valence electrons. The molecule has 0 saturated carbocycles. The fourth-order valence-electron chi connectivity index (χ4n) is 3.31. The molecule has 6 nitrogen and oxygen atoms in total. The largest absolute Gasteiger partial charge is 0.493 e. The van der Waals surface area contributed by atoms with Gasteiger partial charge in [-0.1, -0.05) is 24.3 Å². The third kappa shape index (κ3) is 3.73. The summed E-state index contributed by atoms with van der Waals surface area (Å²) in [6.45, 7) is 7.89. The van der Waals surface area contributed by atoms with Gasteiger partial charge in [0.2, 0.25) is 0 Å². The van der Waals surface area contributed by atoms with E-state index in [0.29, 0.717) is 35.7 Å². The molecule has 1 aliphatic rings. The Labute approximate surface area is 165 Å². The number of hydrogen-bond acceptors (Lipinski definition) is 4. The summed E-state index contributed by atoms with van der Waals surface area (Å²) in [6, 6.07) is 12.0. The molecule has 0 spiro atoms. The van der Waals surface area contributed by atoms with Gasteiger partial charge in [-0.05, 0) is 51.5 Å². The molecule has 0 saturated heterocycles. The SMILES string of the molecule is CCOc1ccccc1C(=O)Nc1cccc2c1C(=O)N(C(C)C(C)(C)O)C2. The van der Waals surface area contributed by atoms with E-state index in [9.17, 15) is 14.7 Å². The molecule has 0 fully saturated rings. The lowest BCUT2D eigenvalue weighted by Crippen LogP contribution is -2.47. The molecule has 28 heavy (non-hydrogen) atoms. The Morgan fingerprint density at radius 1 is 1.25 bits per heavy atom. The number of aliphatic hydroxyl groups is 1. The summed E-state index contributed by atoms with van der Waals surface area (Å²) in [5.74, 6) is -0.0310. The molecule has 2 aromatic rings. The fraction of sp³-hybridized carbons (Fsp3) is 0.364. The molecule has 2 aromatic carbocycles.